The van der Waals surface area contributed by atoms with E-state index in [1.165, 1.54) is 0 Å². The van der Waals surface area contributed by atoms with Gasteiger partial charge in [0.25, 0.3) is 0 Å². The maximum absolute atomic E-state index is 11.9. The fraction of sp³-hybridized carbons (Fsp3) is 0.368. The third-order valence-electron chi connectivity index (χ3n) is 4.00. The molecule has 1 amide bonds. The van der Waals surface area contributed by atoms with Crippen molar-refractivity contribution in [3.63, 3.8) is 0 Å². The Hall–Kier alpha value is -2.40. The first-order chi connectivity index (χ1) is 11.5. The minimum absolute atomic E-state index is 0.0782. The molecule has 2 atom stereocenters. The van der Waals surface area contributed by atoms with Crippen LogP contribution in [0, 0.1) is 5.92 Å². The van der Waals surface area contributed by atoms with Crippen LogP contribution >= 0.6 is 0 Å². The zero-order valence-electron chi connectivity index (χ0n) is 14.0. The summed E-state index contributed by atoms with van der Waals surface area (Å²) >= 11 is 0. The zero-order chi connectivity index (χ0) is 17.5. The van der Waals surface area contributed by atoms with Crippen LogP contribution in [0.2, 0.25) is 0 Å². The summed E-state index contributed by atoms with van der Waals surface area (Å²) in [5.41, 5.74) is 0.965. The lowest BCUT2D eigenvalue weighted by Crippen LogP contribution is -2.39. The number of benzene rings is 2. The molecule has 0 aliphatic carbocycles. The summed E-state index contributed by atoms with van der Waals surface area (Å²) in [5, 5.41) is 14.3. The minimum atomic E-state index is -0.924. The average molecular weight is 329 g/mol. The molecule has 0 aliphatic rings. The molecule has 0 spiro atoms. The van der Waals surface area contributed by atoms with Crippen LogP contribution in [0.15, 0.2) is 42.5 Å². The number of nitrogens with one attached hydrogen (secondary N) is 1. The Bertz CT molecular complexity index is 708. The first kappa shape index (κ1) is 17.9. The molecular formula is C19H23NO4. The molecule has 0 fully saturated rings. The van der Waals surface area contributed by atoms with Gasteiger partial charge in [0.15, 0.2) is 0 Å². The second-order valence-electron chi connectivity index (χ2n) is 5.72. The highest BCUT2D eigenvalue weighted by Gasteiger charge is 2.21. The lowest BCUT2D eigenvalue weighted by molar-refractivity contribution is -0.142. The molecule has 0 aromatic heterocycles. The van der Waals surface area contributed by atoms with E-state index in [0.717, 1.165) is 16.3 Å². The lowest BCUT2D eigenvalue weighted by Gasteiger charge is -2.17. The monoisotopic (exact) mass is 329 g/mol. The topological polar surface area (TPSA) is 75.6 Å². The Morgan fingerprint density at radius 3 is 2.58 bits per heavy atom. The number of hydrogen-bond donors (Lipinski definition) is 2. The van der Waals surface area contributed by atoms with Crippen molar-refractivity contribution in [2.24, 2.45) is 5.92 Å². The number of fused-ring (bicyclic) bond motifs is 1. The van der Waals surface area contributed by atoms with E-state index in [-0.39, 0.29) is 12.5 Å². The number of carbonyl (C=O) groups is 2. The highest BCUT2D eigenvalue weighted by atomic mass is 16.5. The summed E-state index contributed by atoms with van der Waals surface area (Å²) in [4.78, 5) is 23.5. The number of amides is 1. The summed E-state index contributed by atoms with van der Waals surface area (Å²) < 4.78 is 5.21. The Balaban J connectivity index is 2.08. The van der Waals surface area contributed by atoms with Crippen molar-refractivity contribution in [3.8, 4) is 0 Å². The predicted molar refractivity (Wildman–Crippen MR) is 92.9 cm³/mol. The maximum atomic E-state index is 11.9. The largest absolute Gasteiger partial charge is 0.481 e. The molecule has 24 heavy (non-hydrogen) atoms. The normalized spacial score (nSPS) is 13.4. The summed E-state index contributed by atoms with van der Waals surface area (Å²) in [6.45, 7) is 3.98. The van der Waals surface area contributed by atoms with Crippen LogP contribution in [0.25, 0.3) is 10.8 Å². The summed E-state index contributed by atoms with van der Waals surface area (Å²) in [5.74, 6) is -1.90. The van der Waals surface area contributed by atoms with Crippen molar-refractivity contribution in [1.82, 2.24) is 5.32 Å². The number of carbonyl (C=O) groups excluding carboxylic acids is 1. The van der Waals surface area contributed by atoms with Crippen LogP contribution in [0.4, 0.5) is 0 Å². The second kappa shape index (κ2) is 8.45. The van der Waals surface area contributed by atoms with Crippen molar-refractivity contribution < 1.29 is 19.4 Å². The molecular weight excluding hydrogens is 306 g/mol. The molecule has 0 heterocycles. The van der Waals surface area contributed by atoms with E-state index in [2.05, 4.69) is 5.32 Å². The molecule has 0 saturated heterocycles. The van der Waals surface area contributed by atoms with Crippen molar-refractivity contribution in [2.75, 3.05) is 13.2 Å². The summed E-state index contributed by atoms with van der Waals surface area (Å²) in [7, 11) is 0. The molecule has 2 rings (SSSR count). The van der Waals surface area contributed by atoms with Gasteiger partial charge in [0.2, 0.25) is 5.91 Å². The van der Waals surface area contributed by atoms with Crippen LogP contribution in [0.5, 0.6) is 0 Å². The first-order valence-electron chi connectivity index (χ1n) is 8.11. The van der Waals surface area contributed by atoms with Gasteiger partial charge in [-0.3, -0.25) is 9.59 Å². The summed E-state index contributed by atoms with van der Waals surface area (Å²) in [6, 6.07) is 13.7. The number of carboxylic acids is 1. The molecule has 2 aromatic carbocycles. The van der Waals surface area contributed by atoms with Gasteiger partial charge in [-0.2, -0.15) is 0 Å². The molecule has 5 nitrogen and oxygen atoms in total. The van der Waals surface area contributed by atoms with Gasteiger partial charge in [-0.25, -0.2) is 0 Å². The average Bonchev–Trinajstić information content (AvgIpc) is 2.58. The van der Waals surface area contributed by atoms with E-state index in [0.29, 0.717) is 13.0 Å². The predicted octanol–water partition coefficient (Wildman–Crippen LogP) is 2.62. The fourth-order valence-corrected chi connectivity index (χ4v) is 2.68. The third kappa shape index (κ3) is 4.55. The van der Waals surface area contributed by atoms with Gasteiger partial charge in [-0.15, -0.1) is 0 Å². The Morgan fingerprint density at radius 1 is 1.17 bits per heavy atom. The fourth-order valence-electron chi connectivity index (χ4n) is 2.68. The highest BCUT2D eigenvalue weighted by molar-refractivity contribution is 5.86. The van der Waals surface area contributed by atoms with Crippen molar-refractivity contribution in [1.29, 1.82) is 0 Å². The van der Waals surface area contributed by atoms with Gasteiger partial charge >= 0.3 is 5.97 Å². The van der Waals surface area contributed by atoms with Crippen molar-refractivity contribution in [2.45, 2.75) is 26.4 Å². The van der Waals surface area contributed by atoms with Gasteiger partial charge in [0.1, 0.15) is 6.10 Å². The quantitative estimate of drug-likeness (QED) is 0.780. The molecule has 128 valence electrons. The first-order valence-corrected chi connectivity index (χ1v) is 8.11. The molecule has 2 aromatic rings. The number of ether oxygens (including phenoxy) is 1. The van der Waals surface area contributed by atoms with Gasteiger partial charge in [0.05, 0.1) is 5.92 Å². The van der Waals surface area contributed by atoms with E-state index >= 15 is 0 Å². The van der Waals surface area contributed by atoms with E-state index in [1.54, 1.807) is 6.92 Å². The van der Waals surface area contributed by atoms with Gasteiger partial charge in [-0.1, -0.05) is 42.5 Å². The lowest BCUT2D eigenvalue weighted by atomic mass is 9.95. The van der Waals surface area contributed by atoms with Crippen LogP contribution in [0.1, 0.15) is 19.4 Å². The highest BCUT2D eigenvalue weighted by Crippen LogP contribution is 2.21. The van der Waals surface area contributed by atoms with Crippen molar-refractivity contribution >= 4 is 22.6 Å². The van der Waals surface area contributed by atoms with E-state index < -0.39 is 18.0 Å². The smallest absolute Gasteiger partial charge is 0.308 e. The van der Waals surface area contributed by atoms with Gasteiger partial charge in [0, 0.05) is 13.2 Å². The van der Waals surface area contributed by atoms with E-state index in [4.69, 9.17) is 4.74 Å². The van der Waals surface area contributed by atoms with Gasteiger partial charge in [-0.05, 0) is 36.6 Å². The molecule has 2 unspecified atom stereocenters. The van der Waals surface area contributed by atoms with Crippen LogP contribution < -0.4 is 5.32 Å². The SMILES string of the molecule is CCOC(C)C(=O)NCC(Cc1cccc2ccccc12)C(=O)O. The van der Waals surface area contributed by atoms with Crippen LogP contribution in [-0.4, -0.2) is 36.2 Å². The maximum Gasteiger partial charge on any atom is 0.308 e. The van der Waals surface area contributed by atoms with Gasteiger partial charge < -0.3 is 15.2 Å². The van der Waals surface area contributed by atoms with Crippen molar-refractivity contribution in [3.05, 3.63) is 48.0 Å². The molecule has 5 heteroatoms. The molecule has 2 N–H and O–H groups in total. The van der Waals surface area contributed by atoms with Crippen LogP contribution in [-0.2, 0) is 20.7 Å². The third-order valence-corrected chi connectivity index (χ3v) is 4.00. The minimum Gasteiger partial charge on any atom is -0.481 e. The summed E-state index contributed by atoms with van der Waals surface area (Å²) in [6.07, 6.45) is -0.220. The molecule has 0 saturated carbocycles. The Kier molecular flexibility index (Phi) is 6.32. The zero-order valence-corrected chi connectivity index (χ0v) is 14.0. The number of carboxylic acid groups (broad SMARTS) is 1. The standard InChI is InChI=1S/C19H23NO4/c1-3-24-13(2)18(21)20-12-16(19(22)23)11-15-9-6-8-14-7-4-5-10-17(14)15/h4-10,13,16H,3,11-12H2,1-2H3,(H,20,21)(H,22,23). The second-order valence-corrected chi connectivity index (χ2v) is 5.72. The Labute approximate surface area is 141 Å². The number of hydrogen-bond acceptors (Lipinski definition) is 3. The molecule has 0 bridgehead atoms. The molecule has 0 radical (unpaired) electrons. The number of rotatable bonds is 8. The number of aliphatic carboxylic acids is 1. The van der Waals surface area contributed by atoms with E-state index in [9.17, 15) is 14.7 Å². The Morgan fingerprint density at radius 2 is 1.88 bits per heavy atom. The van der Waals surface area contributed by atoms with E-state index in [1.807, 2.05) is 49.4 Å². The molecule has 0 aliphatic heterocycles. The van der Waals surface area contributed by atoms with Crippen LogP contribution in [0.3, 0.4) is 0 Å².